The fourth-order valence-electron chi connectivity index (χ4n) is 3.83. The first-order valence-corrected chi connectivity index (χ1v) is 12.1. The SMILES string of the molecule is CC(c1ccc(-n2cncn2)cc1)N(C)CC(=O)Nc1cccc(CN2CCSCC2)c1. The third-order valence-corrected chi connectivity index (χ3v) is 6.78. The zero-order chi connectivity index (χ0) is 22.3. The van der Waals surface area contributed by atoms with Crippen LogP contribution in [0.1, 0.15) is 24.1 Å². The molecule has 0 saturated carbocycles. The zero-order valence-electron chi connectivity index (χ0n) is 18.6. The lowest BCUT2D eigenvalue weighted by Crippen LogP contribution is -2.32. The van der Waals surface area contributed by atoms with E-state index < -0.39 is 0 Å². The molecule has 3 aromatic rings. The number of rotatable bonds is 8. The average molecular weight is 451 g/mol. The minimum atomic E-state index is -0.00916. The highest BCUT2D eigenvalue weighted by atomic mass is 32.2. The second-order valence-electron chi connectivity index (χ2n) is 8.16. The molecule has 1 fully saturated rings. The van der Waals surface area contributed by atoms with Crippen molar-refractivity contribution in [3.63, 3.8) is 0 Å². The van der Waals surface area contributed by atoms with Gasteiger partial charge in [-0.1, -0.05) is 24.3 Å². The van der Waals surface area contributed by atoms with Gasteiger partial charge in [-0.25, -0.2) is 9.67 Å². The third kappa shape index (κ3) is 5.97. The van der Waals surface area contributed by atoms with E-state index in [4.69, 9.17) is 0 Å². The van der Waals surface area contributed by atoms with Crippen molar-refractivity contribution in [2.75, 3.05) is 43.5 Å². The summed E-state index contributed by atoms with van der Waals surface area (Å²) < 4.78 is 1.73. The van der Waals surface area contributed by atoms with Gasteiger partial charge in [0.05, 0.1) is 12.2 Å². The molecule has 1 atom stereocenters. The molecule has 1 unspecified atom stereocenters. The molecule has 4 rings (SSSR count). The van der Waals surface area contributed by atoms with Crippen molar-refractivity contribution >= 4 is 23.4 Å². The number of carbonyl (C=O) groups excluding carboxylic acids is 1. The van der Waals surface area contributed by atoms with Crippen molar-refractivity contribution in [3.8, 4) is 5.69 Å². The maximum absolute atomic E-state index is 12.7. The molecule has 168 valence electrons. The summed E-state index contributed by atoms with van der Waals surface area (Å²) >= 11 is 2.02. The van der Waals surface area contributed by atoms with Crippen LogP contribution in [0.4, 0.5) is 5.69 Å². The minimum Gasteiger partial charge on any atom is -0.325 e. The third-order valence-electron chi connectivity index (χ3n) is 5.83. The molecule has 8 heteroatoms. The standard InChI is InChI=1S/C24H30N6OS/c1-19(21-6-8-23(9-7-21)30-18-25-17-26-30)28(2)16-24(31)27-22-5-3-4-20(14-22)15-29-10-12-32-13-11-29/h3-9,14,17-19H,10-13,15-16H2,1-2H3,(H,27,31). The Balaban J connectivity index is 1.31. The largest absolute Gasteiger partial charge is 0.325 e. The summed E-state index contributed by atoms with van der Waals surface area (Å²) in [6.07, 6.45) is 3.20. The van der Waals surface area contributed by atoms with E-state index in [9.17, 15) is 4.79 Å². The molecule has 1 aliphatic rings. The van der Waals surface area contributed by atoms with Crippen molar-refractivity contribution in [2.45, 2.75) is 19.5 Å². The second-order valence-corrected chi connectivity index (χ2v) is 9.38. The Hall–Kier alpha value is -2.68. The smallest absolute Gasteiger partial charge is 0.238 e. The van der Waals surface area contributed by atoms with Gasteiger partial charge in [0.25, 0.3) is 0 Å². The highest BCUT2D eigenvalue weighted by Gasteiger charge is 2.16. The fourth-order valence-corrected chi connectivity index (χ4v) is 4.81. The van der Waals surface area contributed by atoms with E-state index in [2.05, 4.69) is 56.4 Å². The lowest BCUT2D eigenvalue weighted by Gasteiger charge is -2.26. The summed E-state index contributed by atoms with van der Waals surface area (Å²) in [5, 5.41) is 7.22. The first-order chi connectivity index (χ1) is 15.6. The molecule has 1 saturated heterocycles. The number of aromatic nitrogens is 3. The van der Waals surface area contributed by atoms with Crippen LogP contribution in [0.2, 0.25) is 0 Å². The summed E-state index contributed by atoms with van der Waals surface area (Å²) in [7, 11) is 1.97. The van der Waals surface area contributed by atoms with E-state index in [-0.39, 0.29) is 11.9 Å². The number of likely N-dealkylation sites (N-methyl/N-ethyl adjacent to an activating group) is 1. The number of nitrogens with one attached hydrogen (secondary N) is 1. The Bertz CT molecular complexity index is 1000. The molecule has 0 spiro atoms. The quantitative estimate of drug-likeness (QED) is 0.567. The minimum absolute atomic E-state index is 0.00916. The average Bonchev–Trinajstić information content (AvgIpc) is 3.34. The predicted molar refractivity (Wildman–Crippen MR) is 130 cm³/mol. The number of amides is 1. The maximum atomic E-state index is 12.7. The van der Waals surface area contributed by atoms with Crippen molar-refractivity contribution in [1.82, 2.24) is 24.6 Å². The molecule has 2 heterocycles. The van der Waals surface area contributed by atoms with Crippen molar-refractivity contribution in [3.05, 3.63) is 72.3 Å². The van der Waals surface area contributed by atoms with Gasteiger partial charge < -0.3 is 5.32 Å². The van der Waals surface area contributed by atoms with Crippen molar-refractivity contribution < 1.29 is 4.79 Å². The highest BCUT2D eigenvalue weighted by Crippen LogP contribution is 2.21. The van der Waals surface area contributed by atoms with Gasteiger partial charge in [0, 0.05) is 42.9 Å². The van der Waals surface area contributed by atoms with E-state index >= 15 is 0 Å². The summed E-state index contributed by atoms with van der Waals surface area (Å²) in [5.41, 5.74) is 4.20. The first-order valence-electron chi connectivity index (χ1n) is 10.9. The van der Waals surface area contributed by atoms with Crippen LogP contribution >= 0.6 is 11.8 Å². The van der Waals surface area contributed by atoms with Crippen LogP contribution in [0.5, 0.6) is 0 Å². The number of carbonyl (C=O) groups is 1. The molecule has 32 heavy (non-hydrogen) atoms. The number of benzene rings is 2. The topological polar surface area (TPSA) is 66.3 Å². The van der Waals surface area contributed by atoms with Gasteiger partial charge in [-0.3, -0.25) is 14.6 Å². The summed E-state index contributed by atoms with van der Waals surface area (Å²) in [6, 6.07) is 16.5. The van der Waals surface area contributed by atoms with Crippen LogP contribution in [-0.2, 0) is 11.3 Å². The van der Waals surface area contributed by atoms with E-state index in [0.29, 0.717) is 6.54 Å². The molecule has 0 bridgehead atoms. The Morgan fingerprint density at radius 1 is 1.19 bits per heavy atom. The normalized spacial score (nSPS) is 15.6. The maximum Gasteiger partial charge on any atom is 0.238 e. The molecule has 1 N–H and O–H groups in total. The summed E-state index contributed by atoms with van der Waals surface area (Å²) in [6.45, 7) is 5.62. The fraction of sp³-hybridized carbons (Fsp3) is 0.375. The number of thioether (sulfide) groups is 1. The van der Waals surface area contributed by atoms with Gasteiger partial charge in [0.2, 0.25) is 5.91 Å². The molecular formula is C24H30N6OS. The monoisotopic (exact) mass is 450 g/mol. The Kier molecular flexibility index (Phi) is 7.57. The van der Waals surface area contributed by atoms with Gasteiger partial charge in [0.1, 0.15) is 12.7 Å². The molecule has 1 aromatic heterocycles. The number of hydrogen-bond donors (Lipinski definition) is 1. The van der Waals surface area contributed by atoms with Crippen LogP contribution < -0.4 is 5.32 Å². The van der Waals surface area contributed by atoms with Gasteiger partial charge in [-0.2, -0.15) is 16.9 Å². The molecule has 2 aromatic carbocycles. The lowest BCUT2D eigenvalue weighted by atomic mass is 10.1. The van der Waals surface area contributed by atoms with Crippen molar-refractivity contribution in [2.24, 2.45) is 0 Å². The number of anilines is 1. The van der Waals surface area contributed by atoms with Gasteiger partial charge in [-0.15, -0.1) is 0 Å². The van der Waals surface area contributed by atoms with Crippen LogP contribution in [-0.4, -0.2) is 68.7 Å². The second kappa shape index (κ2) is 10.8. The van der Waals surface area contributed by atoms with Crippen LogP contribution in [0, 0.1) is 0 Å². The highest BCUT2D eigenvalue weighted by molar-refractivity contribution is 7.99. The van der Waals surface area contributed by atoms with Crippen LogP contribution in [0.3, 0.4) is 0 Å². The van der Waals surface area contributed by atoms with Gasteiger partial charge >= 0.3 is 0 Å². The zero-order valence-corrected chi connectivity index (χ0v) is 19.5. The van der Waals surface area contributed by atoms with E-state index in [0.717, 1.165) is 36.6 Å². The molecule has 0 radical (unpaired) electrons. The molecular weight excluding hydrogens is 420 g/mol. The van der Waals surface area contributed by atoms with Crippen LogP contribution in [0.15, 0.2) is 61.2 Å². The molecule has 7 nitrogen and oxygen atoms in total. The van der Waals surface area contributed by atoms with E-state index in [1.54, 1.807) is 11.0 Å². The predicted octanol–water partition coefficient (Wildman–Crippen LogP) is 3.45. The first kappa shape index (κ1) is 22.5. The number of nitrogens with zero attached hydrogens (tertiary/aromatic N) is 5. The van der Waals surface area contributed by atoms with Crippen molar-refractivity contribution in [1.29, 1.82) is 0 Å². The van der Waals surface area contributed by atoms with Gasteiger partial charge in [-0.05, 0) is 49.4 Å². The molecule has 1 aliphatic heterocycles. The van der Waals surface area contributed by atoms with Gasteiger partial charge in [0.15, 0.2) is 0 Å². The van der Waals surface area contributed by atoms with E-state index in [1.165, 1.54) is 23.4 Å². The molecule has 1 amide bonds. The lowest BCUT2D eigenvalue weighted by molar-refractivity contribution is -0.117. The Morgan fingerprint density at radius 2 is 1.97 bits per heavy atom. The number of hydrogen-bond acceptors (Lipinski definition) is 6. The Morgan fingerprint density at radius 3 is 2.69 bits per heavy atom. The van der Waals surface area contributed by atoms with Crippen LogP contribution in [0.25, 0.3) is 5.69 Å². The van der Waals surface area contributed by atoms with E-state index in [1.807, 2.05) is 43.1 Å². The summed E-state index contributed by atoms with van der Waals surface area (Å²) in [4.78, 5) is 21.2. The molecule has 0 aliphatic carbocycles. The Labute approximate surface area is 193 Å². The summed E-state index contributed by atoms with van der Waals surface area (Å²) in [5.74, 6) is 2.39.